The van der Waals surface area contributed by atoms with Crippen LogP contribution in [0.5, 0.6) is 0 Å². The van der Waals surface area contributed by atoms with E-state index in [1.54, 1.807) is 0 Å². The Labute approximate surface area is 94.3 Å². The Bertz CT molecular complexity index is 321. The van der Waals surface area contributed by atoms with Crippen molar-refractivity contribution in [3.05, 3.63) is 12.5 Å². The minimum absolute atomic E-state index is 0.353. The van der Waals surface area contributed by atoms with Gasteiger partial charge in [0.05, 0.1) is 6.33 Å². The quantitative estimate of drug-likeness (QED) is 0.691. The van der Waals surface area contributed by atoms with Crippen LogP contribution in [0.1, 0.15) is 34.6 Å². The number of hydrogen-bond acceptors (Lipinski definition) is 1. The first-order chi connectivity index (χ1) is 6.74. The third kappa shape index (κ3) is 2.86. The van der Waals surface area contributed by atoms with Gasteiger partial charge in [-0.2, -0.15) is 0 Å². The van der Waals surface area contributed by atoms with Crippen LogP contribution in [-0.4, -0.2) is 16.8 Å². The van der Waals surface area contributed by atoms with Gasteiger partial charge >= 0.3 is 0 Å². The molecule has 1 heterocycles. The Hall–Kier alpha value is -0.725. The van der Waals surface area contributed by atoms with Gasteiger partial charge in [-0.1, -0.05) is 40.9 Å². The molecule has 0 amide bonds. The fraction of sp³-hybridized carbons (Fsp3) is 0.750. The van der Waals surface area contributed by atoms with E-state index in [4.69, 9.17) is 0 Å². The Morgan fingerprint density at radius 1 is 1.27 bits per heavy atom. The molecule has 0 aliphatic rings. The summed E-state index contributed by atoms with van der Waals surface area (Å²) in [5, 5.41) is 0. The van der Waals surface area contributed by atoms with E-state index < -0.39 is 0 Å². The summed E-state index contributed by atoms with van der Waals surface area (Å²) in [4.78, 5) is 4.15. The number of nitrogens with zero attached hydrogens (tertiary/aromatic N) is 2. The van der Waals surface area contributed by atoms with Crippen LogP contribution in [0.2, 0.25) is 6.32 Å². The normalized spacial score (nSPS) is 12.9. The van der Waals surface area contributed by atoms with Crippen LogP contribution in [0.25, 0.3) is 0 Å². The molecule has 3 heteroatoms. The minimum atomic E-state index is 0.353. The van der Waals surface area contributed by atoms with Gasteiger partial charge in [-0.3, -0.25) is 0 Å². The zero-order chi connectivity index (χ0) is 11.7. The van der Waals surface area contributed by atoms with Crippen molar-refractivity contribution in [3.63, 3.8) is 0 Å². The van der Waals surface area contributed by atoms with E-state index in [0.717, 1.165) is 7.28 Å². The van der Waals surface area contributed by atoms with Crippen molar-refractivity contribution in [1.29, 1.82) is 0 Å². The van der Waals surface area contributed by atoms with Crippen LogP contribution in [0.15, 0.2) is 12.5 Å². The Kier molecular flexibility index (Phi) is 3.32. The van der Waals surface area contributed by atoms with E-state index in [9.17, 15) is 0 Å². The van der Waals surface area contributed by atoms with Gasteiger partial charge in [0.25, 0.3) is 0 Å². The van der Waals surface area contributed by atoms with Gasteiger partial charge in [0.1, 0.15) is 0 Å². The van der Waals surface area contributed by atoms with Crippen molar-refractivity contribution in [3.8, 4) is 0 Å². The molecular formula is C12H23BN2. The zero-order valence-corrected chi connectivity index (χ0v) is 11.0. The second-order valence-electron chi connectivity index (χ2n) is 6.13. The zero-order valence-electron chi connectivity index (χ0n) is 11.0. The Morgan fingerprint density at radius 2 is 1.87 bits per heavy atom. The second-order valence-corrected chi connectivity index (χ2v) is 6.13. The maximum atomic E-state index is 4.15. The fourth-order valence-corrected chi connectivity index (χ4v) is 1.44. The number of rotatable bonds is 3. The van der Waals surface area contributed by atoms with E-state index >= 15 is 0 Å². The van der Waals surface area contributed by atoms with Gasteiger partial charge in [-0.25, -0.2) is 4.98 Å². The summed E-state index contributed by atoms with van der Waals surface area (Å²) in [6, 6.07) is 0. The molecule has 0 unspecified atom stereocenters. The minimum Gasteiger partial charge on any atom is -0.347 e. The highest BCUT2D eigenvalue weighted by Gasteiger charge is 2.32. The van der Waals surface area contributed by atoms with Crippen molar-refractivity contribution in [2.24, 2.45) is 17.9 Å². The van der Waals surface area contributed by atoms with E-state index in [1.807, 2.05) is 12.5 Å². The predicted molar refractivity (Wildman–Crippen MR) is 68.0 cm³/mol. The summed E-state index contributed by atoms with van der Waals surface area (Å²) >= 11 is 0. The molecule has 15 heavy (non-hydrogen) atoms. The first kappa shape index (κ1) is 12.3. The van der Waals surface area contributed by atoms with Crippen molar-refractivity contribution in [1.82, 2.24) is 9.55 Å². The summed E-state index contributed by atoms with van der Waals surface area (Å²) in [6.45, 7) is 11.6. The summed E-state index contributed by atoms with van der Waals surface area (Å²) in [5.41, 5.74) is 2.04. The number of hydrogen-bond donors (Lipinski definition) is 0. The SMILES string of the molecule is Cn1cncc1BCC(C)(C)C(C)(C)C. The first-order valence-corrected chi connectivity index (χ1v) is 5.69. The molecule has 2 nitrogen and oxygen atoms in total. The van der Waals surface area contributed by atoms with Crippen molar-refractivity contribution < 1.29 is 0 Å². The average Bonchev–Trinajstić information content (AvgIpc) is 2.46. The molecule has 0 radical (unpaired) electrons. The summed E-state index contributed by atoms with van der Waals surface area (Å²) < 4.78 is 2.11. The topological polar surface area (TPSA) is 17.8 Å². The van der Waals surface area contributed by atoms with E-state index in [1.165, 1.54) is 11.9 Å². The van der Waals surface area contributed by atoms with E-state index in [2.05, 4.69) is 51.2 Å². The van der Waals surface area contributed by atoms with Crippen LogP contribution < -0.4 is 5.59 Å². The summed E-state index contributed by atoms with van der Waals surface area (Å²) in [6.07, 6.45) is 5.05. The van der Waals surface area contributed by atoms with Crippen LogP contribution >= 0.6 is 0 Å². The molecular weight excluding hydrogens is 183 g/mol. The van der Waals surface area contributed by atoms with Gasteiger partial charge in [-0.05, 0) is 16.4 Å². The average molecular weight is 206 g/mol. The van der Waals surface area contributed by atoms with E-state index in [0.29, 0.717) is 10.8 Å². The molecule has 1 rings (SSSR count). The molecule has 0 N–H and O–H groups in total. The van der Waals surface area contributed by atoms with Gasteiger partial charge in [0, 0.05) is 13.2 Å². The van der Waals surface area contributed by atoms with Crippen LogP contribution in [0, 0.1) is 10.8 Å². The molecule has 1 aromatic rings. The van der Waals surface area contributed by atoms with Gasteiger partial charge < -0.3 is 4.57 Å². The molecule has 0 fully saturated rings. The highest BCUT2D eigenvalue weighted by atomic mass is 15.0. The molecule has 0 aromatic carbocycles. The molecule has 84 valence electrons. The smallest absolute Gasteiger partial charge is 0.182 e. The van der Waals surface area contributed by atoms with Crippen molar-refractivity contribution in [2.75, 3.05) is 0 Å². The molecule has 1 aromatic heterocycles. The lowest BCUT2D eigenvalue weighted by molar-refractivity contribution is 0.157. The number of imidazole rings is 1. The van der Waals surface area contributed by atoms with E-state index in [-0.39, 0.29) is 0 Å². The monoisotopic (exact) mass is 206 g/mol. The Balaban J connectivity index is 2.61. The molecule has 0 atom stereocenters. The van der Waals surface area contributed by atoms with Crippen molar-refractivity contribution in [2.45, 2.75) is 40.9 Å². The highest BCUT2D eigenvalue weighted by molar-refractivity contribution is 6.52. The first-order valence-electron chi connectivity index (χ1n) is 5.69. The van der Waals surface area contributed by atoms with Crippen molar-refractivity contribution >= 4 is 12.9 Å². The lowest BCUT2D eigenvalue weighted by Crippen LogP contribution is -2.34. The lowest BCUT2D eigenvalue weighted by atomic mass is 9.55. The van der Waals surface area contributed by atoms with Gasteiger partial charge in [0.2, 0.25) is 0 Å². The predicted octanol–water partition coefficient (Wildman–Crippen LogP) is 1.97. The molecule has 0 aliphatic heterocycles. The second kappa shape index (κ2) is 4.03. The molecule has 0 saturated carbocycles. The maximum Gasteiger partial charge on any atom is 0.182 e. The third-order valence-electron chi connectivity index (χ3n) is 3.95. The standard InChI is InChI=1S/C12H23BN2/c1-11(2,3)12(4,5)8-13-10-7-14-9-15(10)6/h7,9,13H,8H2,1-6H3. The van der Waals surface area contributed by atoms with Crippen LogP contribution in [-0.2, 0) is 7.05 Å². The van der Waals surface area contributed by atoms with Crippen LogP contribution in [0.3, 0.4) is 0 Å². The number of aromatic nitrogens is 2. The highest BCUT2D eigenvalue weighted by Crippen LogP contribution is 2.40. The summed E-state index contributed by atoms with van der Waals surface area (Å²) in [7, 11) is 3.17. The molecule has 0 spiro atoms. The van der Waals surface area contributed by atoms with Gasteiger partial charge in [0.15, 0.2) is 7.28 Å². The van der Waals surface area contributed by atoms with Crippen LogP contribution in [0.4, 0.5) is 0 Å². The largest absolute Gasteiger partial charge is 0.347 e. The summed E-state index contributed by atoms with van der Waals surface area (Å²) in [5.74, 6) is 0. The van der Waals surface area contributed by atoms with Gasteiger partial charge in [-0.15, -0.1) is 0 Å². The molecule has 0 aliphatic carbocycles. The molecule has 0 bridgehead atoms. The fourth-order valence-electron chi connectivity index (χ4n) is 1.44. The maximum absolute atomic E-state index is 4.15. The lowest BCUT2D eigenvalue weighted by Gasteiger charge is -2.39. The number of aryl methyl sites for hydroxylation is 1. The Morgan fingerprint density at radius 3 is 2.27 bits per heavy atom. The third-order valence-corrected chi connectivity index (χ3v) is 3.95. The molecule has 0 saturated heterocycles.